The number of aliphatic hydroxyl groups excluding tert-OH is 1. The van der Waals surface area contributed by atoms with Gasteiger partial charge in [-0.05, 0) is 61.2 Å². The number of anilines is 2. The summed E-state index contributed by atoms with van der Waals surface area (Å²) < 4.78 is 48.4. The average molecular weight is 558 g/mol. The highest BCUT2D eigenvalue weighted by atomic mass is 32.2. The van der Waals surface area contributed by atoms with Crippen LogP contribution in [0.2, 0.25) is 0 Å². The minimum absolute atomic E-state index is 0.104. The van der Waals surface area contributed by atoms with Crippen LogP contribution in [0.4, 0.5) is 20.3 Å². The monoisotopic (exact) mass is 557 g/mol. The van der Waals surface area contributed by atoms with Gasteiger partial charge >= 0.3 is 0 Å². The maximum absolute atomic E-state index is 13.6. The third-order valence-corrected chi connectivity index (χ3v) is 8.93. The SMILES string of the molecule is N=CC1=C(Nc2ccc(F)cc2)C=C2CCN([S+]([O-])c3ccc(N4CC[C@@H](F)C4)nc3)C[C@@]2(COCCO)C1. The Labute approximate surface area is 230 Å². The average Bonchev–Trinajstić information content (AvgIpc) is 3.40. The highest BCUT2D eigenvalue weighted by Crippen LogP contribution is 2.46. The lowest BCUT2D eigenvalue weighted by atomic mass is 9.69. The number of hydrogen-bond acceptors (Lipinski definition) is 8. The van der Waals surface area contributed by atoms with Gasteiger partial charge in [-0.2, -0.15) is 0 Å². The van der Waals surface area contributed by atoms with Crippen molar-refractivity contribution < 1.29 is 23.2 Å². The molecule has 3 aliphatic rings. The Morgan fingerprint density at radius 2 is 2.08 bits per heavy atom. The van der Waals surface area contributed by atoms with E-state index < -0.39 is 22.9 Å². The Morgan fingerprint density at radius 1 is 1.26 bits per heavy atom. The van der Waals surface area contributed by atoms with Crippen LogP contribution < -0.4 is 10.2 Å². The fraction of sp³-hybridized carbons (Fsp3) is 0.429. The molecule has 3 heterocycles. The number of aromatic nitrogens is 1. The number of piperidine rings is 1. The molecule has 11 heteroatoms. The summed E-state index contributed by atoms with van der Waals surface area (Å²) in [6.07, 6.45) is 5.72. The van der Waals surface area contributed by atoms with Gasteiger partial charge in [0, 0.05) is 42.2 Å². The number of hydrogen-bond donors (Lipinski definition) is 3. The van der Waals surface area contributed by atoms with E-state index in [1.54, 1.807) is 30.5 Å². The number of ether oxygens (including phenoxy) is 1. The third-order valence-electron chi connectivity index (χ3n) is 7.51. The fourth-order valence-electron chi connectivity index (χ4n) is 5.48. The number of aliphatic hydroxyl groups is 1. The number of benzene rings is 1. The van der Waals surface area contributed by atoms with E-state index in [4.69, 9.17) is 10.1 Å². The van der Waals surface area contributed by atoms with Crippen LogP contribution in [0.1, 0.15) is 19.3 Å². The lowest BCUT2D eigenvalue weighted by Crippen LogP contribution is -2.51. The molecule has 5 rings (SSSR count). The van der Waals surface area contributed by atoms with Gasteiger partial charge in [0.05, 0.1) is 50.5 Å². The van der Waals surface area contributed by atoms with Gasteiger partial charge in [-0.3, -0.25) is 0 Å². The van der Waals surface area contributed by atoms with Crippen molar-refractivity contribution in [1.82, 2.24) is 9.29 Å². The molecule has 2 aliphatic heterocycles. The van der Waals surface area contributed by atoms with Crippen LogP contribution in [0.15, 0.2) is 70.4 Å². The summed E-state index contributed by atoms with van der Waals surface area (Å²) in [5, 5.41) is 20.7. The molecule has 208 valence electrons. The maximum Gasteiger partial charge on any atom is 0.192 e. The predicted octanol–water partition coefficient (Wildman–Crippen LogP) is 3.84. The van der Waals surface area contributed by atoms with Gasteiger partial charge in [0.15, 0.2) is 4.90 Å². The first-order valence-electron chi connectivity index (χ1n) is 13.1. The Balaban J connectivity index is 1.35. The molecule has 1 unspecified atom stereocenters. The van der Waals surface area contributed by atoms with Crippen LogP contribution in [0.5, 0.6) is 0 Å². The number of fused-ring (bicyclic) bond motifs is 1. The molecule has 0 saturated carbocycles. The summed E-state index contributed by atoms with van der Waals surface area (Å²) in [4.78, 5) is 6.93. The van der Waals surface area contributed by atoms with Gasteiger partial charge in [0.1, 0.15) is 17.8 Å². The quantitative estimate of drug-likeness (QED) is 0.232. The molecule has 0 amide bonds. The van der Waals surface area contributed by atoms with Crippen molar-refractivity contribution in [3.8, 4) is 0 Å². The number of allylic oxidation sites excluding steroid dienone is 2. The van der Waals surface area contributed by atoms with Crippen LogP contribution in [0.25, 0.3) is 0 Å². The van der Waals surface area contributed by atoms with E-state index in [-0.39, 0.29) is 19.0 Å². The molecule has 8 nitrogen and oxygen atoms in total. The molecule has 0 radical (unpaired) electrons. The van der Waals surface area contributed by atoms with E-state index in [2.05, 4.69) is 10.3 Å². The molecule has 3 atom stereocenters. The van der Waals surface area contributed by atoms with E-state index in [0.29, 0.717) is 62.8 Å². The Hall–Kier alpha value is -2.83. The summed E-state index contributed by atoms with van der Waals surface area (Å²) in [5.41, 5.74) is 2.84. The topological polar surface area (TPSA) is 108 Å². The molecule has 1 aliphatic carbocycles. The first-order valence-corrected chi connectivity index (χ1v) is 14.2. The van der Waals surface area contributed by atoms with Crippen molar-refractivity contribution in [2.24, 2.45) is 5.41 Å². The number of halogens is 2. The van der Waals surface area contributed by atoms with E-state index >= 15 is 0 Å². The second kappa shape index (κ2) is 12.1. The van der Waals surface area contributed by atoms with Gasteiger partial charge < -0.3 is 30.0 Å². The van der Waals surface area contributed by atoms with Gasteiger partial charge in [0.2, 0.25) is 0 Å². The number of alkyl halides is 1. The van der Waals surface area contributed by atoms with Crippen LogP contribution in [-0.2, 0) is 16.1 Å². The number of pyridine rings is 1. The van der Waals surface area contributed by atoms with Crippen LogP contribution in [-0.4, -0.2) is 77.3 Å². The second-order valence-corrected chi connectivity index (χ2v) is 11.7. The van der Waals surface area contributed by atoms with Crippen LogP contribution >= 0.6 is 0 Å². The molecule has 2 aromatic rings. The molecule has 2 saturated heterocycles. The van der Waals surface area contributed by atoms with E-state index in [9.17, 15) is 18.4 Å². The van der Waals surface area contributed by atoms with Crippen molar-refractivity contribution in [1.29, 1.82) is 5.41 Å². The van der Waals surface area contributed by atoms with Crippen molar-refractivity contribution in [2.45, 2.75) is 30.3 Å². The zero-order chi connectivity index (χ0) is 27.4. The fourth-order valence-corrected chi connectivity index (χ4v) is 6.73. The minimum atomic E-state index is -1.47. The van der Waals surface area contributed by atoms with Crippen LogP contribution in [0, 0.1) is 16.6 Å². The summed E-state index contributed by atoms with van der Waals surface area (Å²) in [5.74, 6) is 0.362. The number of rotatable bonds is 10. The van der Waals surface area contributed by atoms with Crippen LogP contribution in [0.3, 0.4) is 0 Å². The molecule has 2 fully saturated rings. The molecular formula is C28H33F2N5O3S. The smallest absolute Gasteiger partial charge is 0.192 e. The van der Waals surface area contributed by atoms with Crippen molar-refractivity contribution >= 4 is 29.1 Å². The normalized spacial score (nSPS) is 24.4. The lowest BCUT2D eigenvalue weighted by Gasteiger charge is -2.46. The van der Waals surface area contributed by atoms with Gasteiger partial charge in [-0.1, -0.05) is 5.57 Å². The van der Waals surface area contributed by atoms with Crippen molar-refractivity contribution in [2.75, 3.05) is 56.2 Å². The van der Waals surface area contributed by atoms with E-state index in [0.717, 1.165) is 22.5 Å². The second-order valence-electron chi connectivity index (χ2n) is 10.2. The summed E-state index contributed by atoms with van der Waals surface area (Å²) in [7, 11) is 0. The van der Waals surface area contributed by atoms with Gasteiger partial charge in [-0.25, -0.2) is 13.8 Å². The zero-order valence-corrected chi connectivity index (χ0v) is 22.4. The third kappa shape index (κ3) is 6.17. The van der Waals surface area contributed by atoms with Crippen molar-refractivity contribution in [3.05, 3.63) is 71.3 Å². The van der Waals surface area contributed by atoms with E-state index in [1.807, 2.05) is 15.3 Å². The molecular weight excluding hydrogens is 524 g/mol. The first-order chi connectivity index (χ1) is 18.9. The molecule has 1 aromatic carbocycles. The van der Waals surface area contributed by atoms with Crippen molar-refractivity contribution in [3.63, 3.8) is 0 Å². The lowest BCUT2D eigenvalue weighted by molar-refractivity contribution is 0.0235. The number of nitrogens with one attached hydrogen (secondary N) is 2. The highest BCUT2D eigenvalue weighted by Gasteiger charge is 2.46. The zero-order valence-electron chi connectivity index (χ0n) is 21.6. The summed E-state index contributed by atoms with van der Waals surface area (Å²) in [6.45, 7) is 2.34. The Morgan fingerprint density at radius 3 is 2.74 bits per heavy atom. The molecule has 39 heavy (non-hydrogen) atoms. The molecule has 0 spiro atoms. The predicted molar refractivity (Wildman–Crippen MR) is 147 cm³/mol. The highest BCUT2D eigenvalue weighted by molar-refractivity contribution is 7.89. The largest absolute Gasteiger partial charge is 0.593 e. The summed E-state index contributed by atoms with van der Waals surface area (Å²) >= 11 is -1.47. The van der Waals surface area contributed by atoms with Gasteiger partial charge in [-0.15, -0.1) is 4.31 Å². The molecule has 3 N–H and O–H groups in total. The standard InChI is InChI=1S/C28H33F2N5O3S/c29-22-1-3-24(4-2-22)33-26-13-21-7-10-35(18-28(21,14-20(26)15-31)19-38-12-11-36)39(37)25-5-6-27(32-16-25)34-9-8-23(30)17-34/h1-6,13,15-16,23,31,33,36H,7-12,14,17-19H2/t23-,28-,39?/m1/s1. The van der Waals surface area contributed by atoms with E-state index in [1.165, 1.54) is 18.3 Å². The minimum Gasteiger partial charge on any atom is -0.593 e. The Bertz CT molecular complexity index is 1230. The first kappa shape index (κ1) is 27.7. The summed E-state index contributed by atoms with van der Waals surface area (Å²) in [6, 6.07) is 9.66. The number of nitrogens with zero attached hydrogens (tertiary/aromatic N) is 3. The van der Waals surface area contributed by atoms with Gasteiger partial charge in [0.25, 0.3) is 0 Å². The molecule has 0 bridgehead atoms. The Kier molecular flexibility index (Phi) is 8.63. The molecule has 1 aromatic heterocycles. The maximum atomic E-state index is 13.6.